The molecule has 2 saturated heterocycles. The fraction of sp³-hybridized carbons (Fsp3) is 0.345. The third kappa shape index (κ3) is 5.46. The van der Waals surface area contributed by atoms with Gasteiger partial charge in [-0.15, -0.1) is 11.3 Å². The zero-order valence-corrected chi connectivity index (χ0v) is 23.1. The summed E-state index contributed by atoms with van der Waals surface area (Å²) in [6.45, 7) is 4.05. The maximum Gasteiger partial charge on any atom is 0.254 e. The molecule has 10 nitrogen and oxygen atoms in total. The largest absolute Gasteiger partial charge is 0.497 e. The van der Waals surface area contributed by atoms with Crippen LogP contribution in [0.3, 0.4) is 0 Å². The third-order valence-electron chi connectivity index (χ3n) is 7.30. The quantitative estimate of drug-likeness (QED) is 0.330. The number of benzene rings is 2. The number of hydrogen-bond acceptors (Lipinski definition) is 10. The van der Waals surface area contributed by atoms with Crippen molar-refractivity contribution in [3.8, 4) is 5.75 Å². The average Bonchev–Trinajstić information content (AvgIpc) is 3.67. The van der Waals surface area contributed by atoms with Gasteiger partial charge in [0.1, 0.15) is 5.75 Å². The minimum absolute atomic E-state index is 0.0492. The van der Waals surface area contributed by atoms with Crippen molar-refractivity contribution in [1.82, 2.24) is 19.8 Å². The van der Waals surface area contributed by atoms with Gasteiger partial charge in [0.05, 0.1) is 36.6 Å². The number of carbonyl (C=O) groups is 1. The molecule has 2 aromatic carbocycles. The van der Waals surface area contributed by atoms with E-state index in [4.69, 9.17) is 19.5 Å². The first-order chi connectivity index (χ1) is 19.6. The van der Waals surface area contributed by atoms with Crippen LogP contribution in [0.15, 0.2) is 60.0 Å². The number of amides is 1. The Morgan fingerprint density at radius 1 is 1.12 bits per heavy atom. The van der Waals surface area contributed by atoms with Gasteiger partial charge in [-0.25, -0.2) is 10.0 Å². The maximum atomic E-state index is 13.4. The molecule has 4 heterocycles. The summed E-state index contributed by atoms with van der Waals surface area (Å²) in [4.78, 5) is 33.1. The highest BCUT2D eigenvalue weighted by molar-refractivity contribution is 7.17. The number of thiophene rings is 1. The molecule has 0 unspecified atom stereocenters. The van der Waals surface area contributed by atoms with Crippen molar-refractivity contribution < 1.29 is 19.5 Å². The number of hydrogen-bond donors (Lipinski definition) is 2. The number of β-amino-alcohol motifs (C(OH)–C–C–N with tert-alkyl or cyclic N) is 1. The highest BCUT2D eigenvalue weighted by Crippen LogP contribution is 2.39. The molecule has 2 aliphatic rings. The Balaban J connectivity index is 1.28. The van der Waals surface area contributed by atoms with Crippen LogP contribution >= 0.6 is 11.3 Å². The standard InChI is InChI=1S/C29H32N6O4S/c1-38-23-18-21(28(37)34-11-9-33(10-12-34)13-14-36)17-22(19-23)30-29-31-24-8-16-40-26(24)27(32-29)35-25(7-15-39-35)20-5-3-2-4-6-20/h2-6,8,16-19,25,36H,7,9-15H2,1H3,(H,30,31,32)/t25-/m1/s1. The van der Waals surface area contributed by atoms with Crippen molar-refractivity contribution in [3.63, 3.8) is 0 Å². The highest BCUT2D eigenvalue weighted by atomic mass is 32.1. The van der Waals surface area contributed by atoms with Crippen molar-refractivity contribution in [2.24, 2.45) is 0 Å². The number of fused-ring (bicyclic) bond motifs is 1. The molecule has 0 aliphatic carbocycles. The van der Waals surface area contributed by atoms with Crippen LogP contribution in [-0.4, -0.2) is 83.8 Å². The molecule has 1 amide bonds. The van der Waals surface area contributed by atoms with E-state index in [1.807, 2.05) is 51.7 Å². The minimum atomic E-state index is -0.0586. The molecule has 4 aromatic rings. The monoisotopic (exact) mass is 560 g/mol. The highest BCUT2D eigenvalue weighted by Gasteiger charge is 2.31. The van der Waals surface area contributed by atoms with Crippen molar-refractivity contribution >= 4 is 44.9 Å². The Bertz CT molecular complexity index is 1470. The summed E-state index contributed by atoms with van der Waals surface area (Å²) in [5, 5.41) is 16.4. The fourth-order valence-corrected chi connectivity index (χ4v) is 6.06. The van der Waals surface area contributed by atoms with E-state index in [-0.39, 0.29) is 18.6 Å². The first-order valence-electron chi connectivity index (χ1n) is 13.4. The predicted octanol–water partition coefficient (Wildman–Crippen LogP) is 4.08. The number of methoxy groups -OCH3 is 1. The molecule has 2 aliphatic heterocycles. The number of piperazine rings is 1. The van der Waals surface area contributed by atoms with E-state index >= 15 is 0 Å². The molecule has 40 heavy (non-hydrogen) atoms. The van der Waals surface area contributed by atoms with Gasteiger partial charge >= 0.3 is 0 Å². The number of aromatic nitrogens is 2. The van der Waals surface area contributed by atoms with E-state index in [1.165, 1.54) is 5.56 Å². The molecular weight excluding hydrogens is 528 g/mol. The van der Waals surface area contributed by atoms with Crippen LogP contribution in [-0.2, 0) is 4.84 Å². The zero-order chi connectivity index (χ0) is 27.5. The molecule has 0 saturated carbocycles. The van der Waals surface area contributed by atoms with Crippen LogP contribution < -0.4 is 15.1 Å². The SMILES string of the molecule is COc1cc(Nc2nc(N3OCC[C@@H]3c3ccccc3)c3sccc3n2)cc(C(=O)N2CCN(CCO)CC2)c1. The lowest BCUT2D eigenvalue weighted by Crippen LogP contribution is -2.49. The van der Waals surface area contributed by atoms with Gasteiger partial charge in [0, 0.05) is 56.5 Å². The van der Waals surface area contributed by atoms with E-state index in [2.05, 4.69) is 22.3 Å². The number of hydroxylamine groups is 1. The Morgan fingerprint density at radius 2 is 1.95 bits per heavy atom. The van der Waals surface area contributed by atoms with Crippen LogP contribution in [0.1, 0.15) is 28.4 Å². The number of nitrogens with zero attached hydrogens (tertiary/aromatic N) is 5. The Labute approximate surface area is 236 Å². The van der Waals surface area contributed by atoms with Gasteiger partial charge in [0.15, 0.2) is 5.82 Å². The van der Waals surface area contributed by atoms with Gasteiger partial charge in [-0.2, -0.15) is 4.98 Å². The summed E-state index contributed by atoms with van der Waals surface area (Å²) in [5.74, 6) is 1.63. The summed E-state index contributed by atoms with van der Waals surface area (Å²) in [6, 6.07) is 17.7. The first-order valence-corrected chi connectivity index (χ1v) is 14.3. The average molecular weight is 561 g/mol. The lowest BCUT2D eigenvalue weighted by Gasteiger charge is -2.34. The molecule has 2 N–H and O–H groups in total. The number of aliphatic hydroxyl groups excluding tert-OH is 1. The number of carbonyl (C=O) groups excluding carboxylic acids is 1. The van der Waals surface area contributed by atoms with Crippen LogP contribution in [0.5, 0.6) is 5.75 Å². The predicted molar refractivity (Wildman–Crippen MR) is 155 cm³/mol. The van der Waals surface area contributed by atoms with Crippen molar-refractivity contribution in [2.45, 2.75) is 12.5 Å². The smallest absolute Gasteiger partial charge is 0.254 e. The van der Waals surface area contributed by atoms with Gasteiger partial charge in [-0.05, 0) is 29.1 Å². The van der Waals surface area contributed by atoms with E-state index in [9.17, 15) is 9.90 Å². The number of aliphatic hydroxyl groups is 1. The molecule has 1 atom stereocenters. The van der Waals surface area contributed by atoms with Crippen LogP contribution in [0, 0.1) is 0 Å². The number of anilines is 3. The fourth-order valence-electron chi connectivity index (χ4n) is 5.25. The first kappa shape index (κ1) is 26.5. The van der Waals surface area contributed by atoms with Crippen molar-refractivity contribution in [1.29, 1.82) is 0 Å². The van der Waals surface area contributed by atoms with E-state index < -0.39 is 0 Å². The van der Waals surface area contributed by atoms with E-state index in [0.29, 0.717) is 55.0 Å². The lowest BCUT2D eigenvalue weighted by molar-refractivity contribution is 0.0614. The van der Waals surface area contributed by atoms with Gasteiger partial charge in [-0.1, -0.05) is 30.3 Å². The minimum Gasteiger partial charge on any atom is -0.497 e. The van der Waals surface area contributed by atoms with Gasteiger partial charge in [0.25, 0.3) is 5.91 Å². The second kappa shape index (κ2) is 11.8. The topological polar surface area (TPSA) is 103 Å². The molecule has 2 aromatic heterocycles. The van der Waals surface area contributed by atoms with Crippen LogP contribution in [0.4, 0.5) is 17.5 Å². The molecule has 2 fully saturated rings. The maximum absolute atomic E-state index is 13.4. The molecule has 11 heteroatoms. The molecule has 0 radical (unpaired) electrons. The third-order valence-corrected chi connectivity index (χ3v) is 8.20. The Morgan fingerprint density at radius 3 is 2.73 bits per heavy atom. The number of ether oxygens (including phenoxy) is 1. The Kier molecular flexibility index (Phi) is 7.78. The molecule has 6 rings (SSSR count). The summed E-state index contributed by atoms with van der Waals surface area (Å²) in [5.41, 5.74) is 3.18. The van der Waals surface area contributed by atoms with Crippen molar-refractivity contribution in [2.75, 3.05) is 63.4 Å². The molecular formula is C29H32N6O4S. The van der Waals surface area contributed by atoms with E-state index in [0.717, 1.165) is 29.7 Å². The number of nitrogens with one attached hydrogen (secondary N) is 1. The summed E-state index contributed by atoms with van der Waals surface area (Å²) < 4.78 is 6.49. The Hall–Kier alpha value is -3.77. The normalized spacial score (nSPS) is 17.9. The second-order valence-corrected chi connectivity index (χ2v) is 10.7. The molecule has 208 valence electrons. The van der Waals surface area contributed by atoms with Gasteiger partial charge in [-0.3, -0.25) is 14.5 Å². The zero-order valence-electron chi connectivity index (χ0n) is 22.3. The lowest BCUT2D eigenvalue weighted by atomic mass is 10.0. The summed E-state index contributed by atoms with van der Waals surface area (Å²) in [6.07, 6.45) is 0.860. The van der Waals surface area contributed by atoms with Gasteiger partial charge < -0.3 is 20.1 Å². The second-order valence-electron chi connectivity index (χ2n) is 9.81. The number of rotatable bonds is 8. The molecule has 0 bridgehead atoms. The molecule has 0 spiro atoms. The summed E-state index contributed by atoms with van der Waals surface area (Å²) in [7, 11) is 1.58. The van der Waals surface area contributed by atoms with Crippen LogP contribution in [0.2, 0.25) is 0 Å². The summed E-state index contributed by atoms with van der Waals surface area (Å²) >= 11 is 1.58. The van der Waals surface area contributed by atoms with Crippen molar-refractivity contribution in [3.05, 3.63) is 71.1 Å². The van der Waals surface area contributed by atoms with Gasteiger partial charge in [0.2, 0.25) is 5.95 Å². The van der Waals surface area contributed by atoms with E-state index in [1.54, 1.807) is 24.5 Å². The van der Waals surface area contributed by atoms with Crippen LogP contribution in [0.25, 0.3) is 10.2 Å².